The Balaban J connectivity index is 3.53. The quantitative estimate of drug-likeness (QED) is 0.677. The number of hydrogen-bond acceptors (Lipinski definition) is 4. The topological polar surface area (TPSA) is 52.6 Å². The predicted octanol–water partition coefficient (Wildman–Crippen LogP) is 0.231. The van der Waals surface area contributed by atoms with Crippen molar-refractivity contribution >= 4 is 35.5 Å². The molecular formula is C5H9O4Tl. The number of hydrogen-bond donors (Lipinski definition) is 0. The first-order chi connectivity index (χ1) is 4.52. The van der Waals surface area contributed by atoms with Gasteiger partial charge >= 0.3 is 68.8 Å². The standard InChI is InChI=1S/2C2H4O2.CH3.Tl/c2*1-2(3)4;;/h2*1H3,(H,3,4);1H3;/q;;;+2/p-2. The van der Waals surface area contributed by atoms with E-state index in [1.54, 1.807) is 4.48 Å². The SMILES string of the molecule is CC(=O)[O][Tl]([CH3])[O]C(C)=O. The van der Waals surface area contributed by atoms with Crippen molar-refractivity contribution in [1.82, 2.24) is 0 Å². The second kappa shape index (κ2) is 4.64. The van der Waals surface area contributed by atoms with E-state index in [0.29, 0.717) is 0 Å². The Morgan fingerprint density at radius 1 is 1.10 bits per heavy atom. The summed E-state index contributed by atoms with van der Waals surface area (Å²) in [4.78, 5) is 20.6. The van der Waals surface area contributed by atoms with Gasteiger partial charge in [0.15, 0.2) is 0 Å². The van der Waals surface area contributed by atoms with Crippen LogP contribution in [0.4, 0.5) is 0 Å². The summed E-state index contributed by atoms with van der Waals surface area (Å²) in [6.07, 6.45) is 0. The Morgan fingerprint density at radius 3 is 1.60 bits per heavy atom. The summed E-state index contributed by atoms with van der Waals surface area (Å²) < 4.78 is 11.1. The van der Waals surface area contributed by atoms with Crippen LogP contribution in [0.15, 0.2) is 0 Å². The van der Waals surface area contributed by atoms with Crippen LogP contribution >= 0.6 is 0 Å². The molecule has 0 unspecified atom stereocenters. The fraction of sp³-hybridized carbons (Fsp3) is 0.600. The van der Waals surface area contributed by atoms with E-state index >= 15 is 0 Å². The Bertz CT molecular complexity index is 129. The van der Waals surface area contributed by atoms with E-state index in [9.17, 15) is 9.59 Å². The van der Waals surface area contributed by atoms with Gasteiger partial charge in [0.05, 0.1) is 0 Å². The van der Waals surface area contributed by atoms with Crippen molar-refractivity contribution in [3.8, 4) is 0 Å². The summed E-state index contributed by atoms with van der Waals surface area (Å²) in [5, 5.41) is 0. The summed E-state index contributed by atoms with van der Waals surface area (Å²) in [6.45, 7) is 2.61. The van der Waals surface area contributed by atoms with Crippen LogP contribution in [0.3, 0.4) is 0 Å². The molecule has 0 heterocycles. The molecule has 5 heteroatoms. The predicted molar refractivity (Wildman–Crippen MR) is 35.1 cm³/mol. The van der Waals surface area contributed by atoms with E-state index < -0.39 is 23.6 Å². The Morgan fingerprint density at radius 2 is 1.40 bits per heavy atom. The first-order valence-corrected chi connectivity index (χ1v) is 11.0. The van der Waals surface area contributed by atoms with Gasteiger partial charge in [0, 0.05) is 0 Å². The van der Waals surface area contributed by atoms with E-state index in [2.05, 4.69) is 0 Å². The number of carbonyl (C=O) groups is 2. The van der Waals surface area contributed by atoms with Gasteiger partial charge in [0.25, 0.3) is 0 Å². The third-order valence-corrected chi connectivity index (χ3v) is 5.83. The molecule has 56 valence electrons. The van der Waals surface area contributed by atoms with Crippen molar-refractivity contribution in [3.63, 3.8) is 0 Å². The molecule has 0 aliphatic rings. The molecule has 10 heavy (non-hydrogen) atoms. The van der Waals surface area contributed by atoms with Gasteiger partial charge in [-0.3, -0.25) is 0 Å². The zero-order chi connectivity index (χ0) is 8.15. The van der Waals surface area contributed by atoms with Crippen molar-refractivity contribution in [2.24, 2.45) is 0 Å². The monoisotopic (exact) mass is 338 g/mol. The molecule has 0 saturated carbocycles. The fourth-order valence-corrected chi connectivity index (χ4v) is 4.31. The summed E-state index contributed by atoms with van der Waals surface area (Å²) >= 11 is -2.76. The van der Waals surface area contributed by atoms with E-state index in [4.69, 9.17) is 5.37 Å². The van der Waals surface area contributed by atoms with Gasteiger partial charge in [-0.1, -0.05) is 0 Å². The second-order valence-electron chi connectivity index (χ2n) is 1.79. The second-order valence-corrected chi connectivity index (χ2v) is 8.03. The van der Waals surface area contributed by atoms with Gasteiger partial charge in [0.2, 0.25) is 0 Å². The van der Waals surface area contributed by atoms with Crippen molar-refractivity contribution in [1.29, 1.82) is 0 Å². The summed E-state index contributed by atoms with van der Waals surface area (Å²) in [6, 6.07) is 0. The molecule has 0 aromatic heterocycles. The van der Waals surface area contributed by atoms with Crippen LogP contribution < -0.4 is 0 Å². The molecule has 0 fully saturated rings. The molecule has 0 rings (SSSR count). The summed E-state index contributed by atoms with van der Waals surface area (Å²) in [5.74, 6) is -0.731. The normalized spacial score (nSPS) is 8.30. The third kappa shape index (κ3) is 5.99. The number of rotatable bonds is 2. The van der Waals surface area contributed by atoms with Crippen LogP contribution in [0, 0.1) is 0 Å². The van der Waals surface area contributed by atoms with Crippen LogP contribution in [0.1, 0.15) is 13.8 Å². The van der Waals surface area contributed by atoms with E-state index in [0.717, 1.165) is 0 Å². The minimum atomic E-state index is -2.76. The van der Waals surface area contributed by atoms with Crippen LogP contribution in [0.25, 0.3) is 0 Å². The van der Waals surface area contributed by atoms with Gasteiger partial charge in [0.1, 0.15) is 0 Å². The first kappa shape index (κ1) is 9.86. The van der Waals surface area contributed by atoms with E-state index in [-0.39, 0.29) is 11.9 Å². The van der Waals surface area contributed by atoms with Crippen LogP contribution in [-0.4, -0.2) is 35.5 Å². The van der Waals surface area contributed by atoms with Crippen molar-refractivity contribution in [2.75, 3.05) is 0 Å². The molecule has 0 bridgehead atoms. The van der Waals surface area contributed by atoms with Gasteiger partial charge < -0.3 is 0 Å². The van der Waals surface area contributed by atoms with Crippen molar-refractivity contribution in [3.05, 3.63) is 0 Å². The molecule has 0 N–H and O–H groups in total. The zero-order valence-electron chi connectivity index (χ0n) is 6.21. The Labute approximate surface area is 68.9 Å². The van der Waals surface area contributed by atoms with Gasteiger partial charge in [-0.2, -0.15) is 0 Å². The average molecular weight is 338 g/mol. The van der Waals surface area contributed by atoms with Gasteiger partial charge in [-0.05, 0) is 0 Å². The van der Waals surface area contributed by atoms with Crippen molar-refractivity contribution < 1.29 is 15.0 Å². The molecule has 0 aromatic rings. The van der Waals surface area contributed by atoms with E-state index in [1.165, 1.54) is 13.8 Å². The maximum atomic E-state index is 10.3. The first-order valence-electron chi connectivity index (χ1n) is 2.87. The third-order valence-electron chi connectivity index (χ3n) is 0.664. The molecule has 0 saturated heterocycles. The van der Waals surface area contributed by atoms with Gasteiger partial charge in [-0.15, -0.1) is 0 Å². The fourth-order valence-electron chi connectivity index (χ4n) is 0.491. The zero-order valence-corrected chi connectivity index (χ0v) is 10.7. The van der Waals surface area contributed by atoms with Crippen LogP contribution in [-0.2, 0) is 15.0 Å². The molecule has 0 spiro atoms. The van der Waals surface area contributed by atoms with Crippen LogP contribution in [0.2, 0.25) is 4.48 Å². The minimum absolute atomic E-state index is 0.365. The molecule has 0 radical (unpaired) electrons. The van der Waals surface area contributed by atoms with E-state index in [1.807, 2.05) is 0 Å². The molecule has 4 nitrogen and oxygen atoms in total. The molecule has 0 aliphatic carbocycles. The molecule has 0 aliphatic heterocycles. The number of carbonyl (C=O) groups excluding carboxylic acids is 2. The molecular weight excluding hydrogens is 328 g/mol. The van der Waals surface area contributed by atoms with Crippen LogP contribution in [0.5, 0.6) is 0 Å². The molecule has 0 amide bonds. The van der Waals surface area contributed by atoms with Gasteiger partial charge in [-0.25, -0.2) is 0 Å². The average Bonchev–Trinajstić information content (AvgIpc) is 1.58. The Hall–Kier alpha value is -0.138. The summed E-state index contributed by atoms with van der Waals surface area (Å²) in [5.41, 5.74) is 0. The molecule has 0 atom stereocenters. The summed E-state index contributed by atoms with van der Waals surface area (Å²) in [7, 11) is 0. The Kier molecular flexibility index (Phi) is 4.58. The maximum absolute atomic E-state index is 10.3. The molecule has 0 aromatic carbocycles. The van der Waals surface area contributed by atoms with Crippen molar-refractivity contribution in [2.45, 2.75) is 18.3 Å².